The number of nitrogens with one attached hydrogen (secondary N) is 1. The Morgan fingerprint density at radius 3 is 2.26 bits per heavy atom. The fourth-order valence-electron chi connectivity index (χ4n) is 2.40. The van der Waals surface area contributed by atoms with Gasteiger partial charge in [0, 0.05) is 6.54 Å². The molecule has 0 atom stereocenters. The molecule has 1 aromatic carbocycles. The summed E-state index contributed by atoms with van der Waals surface area (Å²) in [6.45, 7) is 5.75. The Morgan fingerprint density at radius 1 is 1.09 bits per heavy atom. The Kier molecular flexibility index (Phi) is 4.92. The highest BCUT2D eigenvalue weighted by atomic mass is 32.3. The van der Waals surface area contributed by atoms with Crippen molar-refractivity contribution in [2.24, 2.45) is 0 Å². The molecule has 0 amide bonds. The van der Waals surface area contributed by atoms with Crippen molar-refractivity contribution in [3.05, 3.63) is 47.2 Å². The van der Waals surface area contributed by atoms with E-state index in [4.69, 9.17) is 0 Å². The number of sulfonamides is 2. The van der Waals surface area contributed by atoms with Crippen molar-refractivity contribution in [1.29, 1.82) is 0 Å². The zero-order valence-corrected chi connectivity index (χ0v) is 14.8. The van der Waals surface area contributed by atoms with Gasteiger partial charge >= 0.3 is 0 Å². The molecule has 23 heavy (non-hydrogen) atoms. The molecule has 0 aliphatic heterocycles. The fraction of sp³-hybridized carbons (Fsp3) is 0.357. The molecule has 0 saturated heterocycles. The molecule has 0 unspecified atom stereocenters. The van der Waals surface area contributed by atoms with Crippen LogP contribution < -0.4 is 4.13 Å². The van der Waals surface area contributed by atoms with E-state index in [1.165, 1.54) is 16.9 Å². The first-order valence-electron chi connectivity index (χ1n) is 6.98. The van der Waals surface area contributed by atoms with Gasteiger partial charge in [-0.05, 0) is 32.4 Å². The first kappa shape index (κ1) is 17.6. The van der Waals surface area contributed by atoms with Crippen LogP contribution in [0.4, 0.5) is 0 Å². The summed E-state index contributed by atoms with van der Waals surface area (Å²) in [5.41, 5.74) is 2.37. The number of hydrogen-bond donors (Lipinski definition) is 1. The maximum Gasteiger partial charge on any atom is 0.270 e. The molecule has 0 fully saturated rings. The number of benzene rings is 1. The van der Waals surface area contributed by atoms with Crippen LogP contribution in [0.25, 0.3) is 0 Å². The van der Waals surface area contributed by atoms with Crippen molar-refractivity contribution in [3.8, 4) is 0 Å². The average Bonchev–Trinajstić information content (AvgIpc) is 2.84. The maximum absolute atomic E-state index is 12.3. The molecule has 0 bridgehead atoms. The van der Waals surface area contributed by atoms with E-state index >= 15 is 0 Å². The number of aromatic nitrogens is 2. The van der Waals surface area contributed by atoms with Gasteiger partial charge in [-0.25, -0.2) is 16.8 Å². The number of nitrogens with zero attached hydrogens (tertiary/aromatic N) is 2. The summed E-state index contributed by atoms with van der Waals surface area (Å²) in [6, 6.07) is 6.61. The van der Waals surface area contributed by atoms with Crippen LogP contribution in [0.3, 0.4) is 0 Å². The highest BCUT2D eigenvalue weighted by molar-refractivity contribution is 8.04. The average molecular weight is 357 g/mol. The molecule has 2 aromatic rings. The fourth-order valence-corrected chi connectivity index (χ4v) is 5.61. The van der Waals surface area contributed by atoms with E-state index in [0.717, 1.165) is 11.1 Å². The highest BCUT2D eigenvalue weighted by Crippen LogP contribution is 2.14. The molecule has 2 rings (SSSR count). The van der Waals surface area contributed by atoms with Gasteiger partial charge in [-0.15, -0.1) is 4.13 Å². The quantitative estimate of drug-likeness (QED) is 0.841. The first-order valence-corrected chi connectivity index (χ1v) is 10.1. The Bertz CT molecular complexity index is 895. The van der Waals surface area contributed by atoms with Gasteiger partial charge in [0.1, 0.15) is 0 Å². The smallest absolute Gasteiger partial charge is 0.253 e. The summed E-state index contributed by atoms with van der Waals surface area (Å²) < 4.78 is 51.9. The van der Waals surface area contributed by atoms with E-state index in [-0.39, 0.29) is 5.03 Å². The molecule has 9 heteroatoms. The Hall–Kier alpha value is -1.71. The van der Waals surface area contributed by atoms with E-state index in [0.29, 0.717) is 12.1 Å². The summed E-state index contributed by atoms with van der Waals surface area (Å²) in [6.07, 6.45) is 1.31. The molecule has 1 heterocycles. The summed E-state index contributed by atoms with van der Waals surface area (Å²) >= 11 is 0. The molecule has 0 spiro atoms. The monoisotopic (exact) mass is 357 g/mol. The molecule has 0 aliphatic carbocycles. The van der Waals surface area contributed by atoms with Gasteiger partial charge in [0.25, 0.3) is 10.0 Å². The second-order valence-corrected chi connectivity index (χ2v) is 8.94. The van der Waals surface area contributed by atoms with E-state index in [9.17, 15) is 16.8 Å². The standard InChI is InChI=1S/C14H19N3O4S2/c1-4-17-14(5-6-15-17)23(20,21)16-22(18,19)10-13-8-11(2)7-12(3)9-13/h5-9,16H,4,10H2,1-3H3. The number of hydrogen-bond acceptors (Lipinski definition) is 5. The van der Waals surface area contributed by atoms with Crippen molar-refractivity contribution >= 4 is 20.0 Å². The molecule has 7 nitrogen and oxygen atoms in total. The van der Waals surface area contributed by atoms with Gasteiger partial charge < -0.3 is 0 Å². The van der Waals surface area contributed by atoms with Crippen LogP contribution in [0.5, 0.6) is 0 Å². The second kappa shape index (κ2) is 6.42. The van der Waals surface area contributed by atoms with Crippen molar-refractivity contribution in [1.82, 2.24) is 13.9 Å². The lowest BCUT2D eigenvalue weighted by molar-refractivity contribution is 0.547. The Labute approximate surface area is 136 Å². The molecule has 1 N–H and O–H groups in total. The van der Waals surface area contributed by atoms with Gasteiger partial charge in [-0.1, -0.05) is 29.3 Å². The second-order valence-electron chi connectivity index (χ2n) is 5.33. The summed E-state index contributed by atoms with van der Waals surface area (Å²) in [4.78, 5) is 0. The SMILES string of the molecule is CCn1nccc1S(=O)(=O)NS(=O)(=O)Cc1cc(C)cc(C)c1. The molecule has 0 radical (unpaired) electrons. The lowest BCUT2D eigenvalue weighted by Crippen LogP contribution is -2.33. The predicted octanol–water partition coefficient (Wildman–Crippen LogP) is 1.33. The van der Waals surface area contributed by atoms with E-state index in [2.05, 4.69) is 5.10 Å². The molecule has 0 aliphatic rings. The van der Waals surface area contributed by atoms with Crippen LogP contribution >= 0.6 is 0 Å². The topological polar surface area (TPSA) is 98.1 Å². The van der Waals surface area contributed by atoms with Crippen molar-refractivity contribution in [2.45, 2.75) is 38.1 Å². The van der Waals surface area contributed by atoms with E-state index < -0.39 is 25.8 Å². The molecule has 0 saturated carbocycles. The summed E-state index contributed by atoms with van der Waals surface area (Å²) in [7, 11) is -8.25. The van der Waals surface area contributed by atoms with Crippen molar-refractivity contribution in [3.63, 3.8) is 0 Å². The zero-order chi connectivity index (χ0) is 17.3. The molecular weight excluding hydrogens is 338 g/mol. The molecule has 126 valence electrons. The minimum atomic E-state index is -4.20. The maximum atomic E-state index is 12.3. The minimum Gasteiger partial charge on any atom is -0.253 e. The van der Waals surface area contributed by atoms with Crippen molar-refractivity contribution in [2.75, 3.05) is 0 Å². The van der Waals surface area contributed by atoms with Crippen LogP contribution in [0, 0.1) is 13.8 Å². The third-order valence-corrected chi connectivity index (χ3v) is 6.63. The van der Waals surface area contributed by atoms with Crippen LogP contribution in [0.1, 0.15) is 23.6 Å². The van der Waals surface area contributed by atoms with Gasteiger partial charge in [0.05, 0.1) is 11.9 Å². The first-order chi connectivity index (χ1) is 10.6. The van der Waals surface area contributed by atoms with Crippen LogP contribution in [-0.2, 0) is 32.3 Å². The third kappa shape index (κ3) is 4.40. The van der Waals surface area contributed by atoms with Gasteiger partial charge in [-0.2, -0.15) is 5.10 Å². The van der Waals surface area contributed by atoms with Crippen LogP contribution in [-0.4, -0.2) is 26.6 Å². The molecule has 1 aromatic heterocycles. The van der Waals surface area contributed by atoms with E-state index in [1.54, 1.807) is 23.2 Å². The van der Waals surface area contributed by atoms with Crippen LogP contribution in [0.2, 0.25) is 0 Å². The van der Waals surface area contributed by atoms with E-state index in [1.807, 2.05) is 19.9 Å². The minimum absolute atomic E-state index is 0.177. The summed E-state index contributed by atoms with van der Waals surface area (Å²) in [5.74, 6) is -0.408. The van der Waals surface area contributed by atoms with Gasteiger partial charge in [0.2, 0.25) is 10.0 Å². The normalized spacial score (nSPS) is 12.5. The lowest BCUT2D eigenvalue weighted by Gasteiger charge is -2.10. The largest absolute Gasteiger partial charge is 0.270 e. The predicted molar refractivity (Wildman–Crippen MR) is 86.8 cm³/mol. The van der Waals surface area contributed by atoms with Gasteiger partial charge in [-0.3, -0.25) is 4.68 Å². The lowest BCUT2D eigenvalue weighted by atomic mass is 10.1. The number of aryl methyl sites for hydroxylation is 3. The third-order valence-electron chi connectivity index (χ3n) is 3.13. The molecular formula is C14H19N3O4S2. The highest BCUT2D eigenvalue weighted by Gasteiger charge is 2.26. The summed E-state index contributed by atoms with van der Waals surface area (Å²) in [5, 5.41) is 3.66. The van der Waals surface area contributed by atoms with Crippen molar-refractivity contribution < 1.29 is 16.8 Å². The number of rotatable bonds is 6. The zero-order valence-electron chi connectivity index (χ0n) is 13.1. The Balaban J connectivity index is 2.27. The van der Waals surface area contributed by atoms with Crippen LogP contribution in [0.15, 0.2) is 35.5 Å². The Morgan fingerprint density at radius 2 is 1.70 bits per heavy atom. The van der Waals surface area contributed by atoms with Gasteiger partial charge in [0.15, 0.2) is 5.03 Å².